The number of halogens is 1. The molecular weight excluding hydrogens is 532 g/mol. The molecule has 1 N–H and O–H groups in total. The molecule has 1 aliphatic rings. The monoisotopic (exact) mass is 566 g/mol. The molecule has 212 valence electrons. The molecule has 1 amide bonds. The number of carbonyl (C=O) groups is 2. The van der Waals surface area contributed by atoms with Gasteiger partial charge in [-0.2, -0.15) is 0 Å². The first-order valence-corrected chi connectivity index (χ1v) is 13.6. The van der Waals surface area contributed by atoms with Gasteiger partial charge in [0.25, 0.3) is 5.56 Å². The third kappa shape index (κ3) is 6.81. The van der Waals surface area contributed by atoms with Gasteiger partial charge in [0.05, 0.1) is 32.1 Å². The number of hydrogen-bond donors (Lipinski definition) is 1. The first-order chi connectivity index (χ1) is 19.0. The van der Waals surface area contributed by atoms with Crippen molar-refractivity contribution in [2.45, 2.75) is 58.8 Å². The number of fused-ring (bicyclic) bond motifs is 1. The molecule has 8 nitrogen and oxygen atoms in total. The molecule has 9 heteroatoms. The van der Waals surface area contributed by atoms with Crippen molar-refractivity contribution in [3.05, 3.63) is 80.7 Å². The summed E-state index contributed by atoms with van der Waals surface area (Å²) in [5.74, 6) is -0.194. The summed E-state index contributed by atoms with van der Waals surface area (Å²) in [6.07, 6.45) is 2.45. The Bertz CT molecular complexity index is 1470. The zero-order chi connectivity index (χ0) is 29.0. The zero-order valence-corrected chi connectivity index (χ0v) is 24.3. The van der Waals surface area contributed by atoms with Crippen LogP contribution in [0.4, 0.5) is 5.69 Å². The topological polar surface area (TPSA) is 95.9 Å². The second kappa shape index (κ2) is 12.4. The van der Waals surface area contributed by atoms with Crippen LogP contribution in [-0.4, -0.2) is 42.2 Å². The van der Waals surface area contributed by atoms with Crippen molar-refractivity contribution >= 4 is 29.0 Å². The van der Waals surface area contributed by atoms with Gasteiger partial charge in [-0.15, -0.1) is 0 Å². The molecule has 1 atom stereocenters. The first-order valence-electron chi connectivity index (χ1n) is 13.2. The largest absolute Gasteiger partial charge is 0.495 e. The lowest BCUT2D eigenvalue weighted by molar-refractivity contribution is -0.120. The Kier molecular flexibility index (Phi) is 9.13. The molecule has 0 saturated heterocycles. The predicted molar refractivity (Wildman–Crippen MR) is 155 cm³/mol. The highest BCUT2D eigenvalue weighted by Crippen LogP contribution is 2.34. The normalized spacial score (nSPS) is 13.8. The molecule has 1 aromatic heterocycles. The van der Waals surface area contributed by atoms with E-state index in [1.54, 1.807) is 18.2 Å². The van der Waals surface area contributed by atoms with Crippen molar-refractivity contribution in [1.29, 1.82) is 0 Å². The van der Waals surface area contributed by atoms with Crippen molar-refractivity contribution < 1.29 is 23.8 Å². The summed E-state index contributed by atoms with van der Waals surface area (Å²) in [5.41, 5.74) is 3.23. The van der Waals surface area contributed by atoms with E-state index in [1.165, 1.54) is 30.9 Å². The summed E-state index contributed by atoms with van der Waals surface area (Å²) in [6, 6.07) is 11.1. The average Bonchev–Trinajstić information content (AvgIpc) is 2.90. The van der Waals surface area contributed by atoms with E-state index in [-0.39, 0.29) is 24.7 Å². The number of Topliss-reactive ketones (excluding diaryl/α,β-unsaturated/α-hetero) is 1. The van der Waals surface area contributed by atoms with E-state index in [1.807, 2.05) is 39.0 Å². The minimum Gasteiger partial charge on any atom is -0.495 e. The lowest BCUT2D eigenvalue weighted by Crippen LogP contribution is -2.35. The Hall–Kier alpha value is -3.46. The van der Waals surface area contributed by atoms with Gasteiger partial charge in [0.15, 0.2) is 5.78 Å². The Morgan fingerprint density at radius 1 is 1.15 bits per heavy atom. The van der Waals surface area contributed by atoms with Crippen LogP contribution in [0.1, 0.15) is 61.6 Å². The van der Waals surface area contributed by atoms with E-state index in [4.69, 9.17) is 25.8 Å². The molecule has 1 aliphatic heterocycles. The van der Waals surface area contributed by atoms with E-state index >= 15 is 0 Å². The van der Waals surface area contributed by atoms with Gasteiger partial charge in [0.1, 0.15) is 11.8 Å². The van der Waals surface area contributed by atoms with Crippen molar-refractivity contribution in [2.75, 3.05) is 25.6 Å². The molecule has 0 aliphatic carbocycles. The molecule has 2 heterocycles. The summed E-state index contributed by atoms with van der Waals surface area (Å²) in [6.45, 7) is 8.57. The number of pyridine rings is 1. The van der Waals surface area contributed by atoms with Crippen LogP contribution in [0.25, 0.3) is 11.1 Å². The van der Waals surface area contributed by atoms with Crippen molar-refractivity contribution in [2.24, 2.45) is 0 Å². The highest BCUT2D eigenvalue weighted by atomic mass is 35.5. The number of methoxy groups -OCH3 is 1. The molecular formula is C31H35ClN2O6. The fraction of sp³-hybridized carbons (Fsp3) is 0.387. The van der Waals surface area contributed by atoms with Gasteiger partial charge >= 0.3 is 0 Å². The molecule has 0 spiro atoms. The summed E-state index contributed by atoms with van der Waals surface area (Å²) in [4.78, 5) is 39.7. The maximum atomic E-state index is 13.8. The second-order valence-electron chi connectivity index (χ2n) is 10.7. The van der Waals surface area contributed by atoms with Gasteiger partial charge in [0, 0.05) is 40.9 Å². The Balaban J connectivity index is 1.76. The van der Waals surface area contributed by atoms with Crippen LogP contribution in [0.15, 0.2) is 53.5 Å². The third-order valence-electron chi connectivity index (χ3n) is 6.76. The van der Waals surface area contributed by atoms with Crippen LogP contribution in [0.5, 0.6) is 5.75 Å². The smallest absolute Gasteiger partial charge is 0.252 e. The molecule has 3 aromatic rings. The van der Waals surface area contributed by atoms with E-state index in [2.05, 4.69) is 5.32 Å². The van der Waals surface area contributed by atoms with E-state index in [0.717, 1.165) is 11.1 Å². The minimum atomic E-state index is -0.889. The number of carbonyl (C=O) groups excluding carboxylic acids is 2. The van der Waals surface area contributed by atoms with Gasteiger partial charge in [-0.05, 0) is 75.1 Å². The number of anilines is 1. The van der Waals surface area contributed by atoms with Crippen LogP contribution in [-0.2, 0) is 27.3 Å². The van der Waals surface area contributed by atoms with Gasteiger partial charge in [-0.1, -0.05) is 23.7 Å². The van der Waals surface area contributed by atoms with Crippen LogP contribution in [0.3, 0.4) is 0 Å². The number of nitrogens with zero attached hydrogens (tertiary/aromatic N) is 1. The summed E-state index contributed by atoms with van der Waals surface area (Å²) >= 11 is 6.24. The lowest BCUT2D eigenvalue weighted by atomic mass is 9.97. The molecule has 2 aromatic carbocycles. The number of rotatable bonds is 9. The van der Waals surface area contributed by atoms with Crippen molar-refractivity contribution in [3.8, 4) is 16.9 Å². The molecule has 0 fully saturated rings. The van der Waals surface area contributed by atoms with Gasteiger partial charge in [-0.3, -0.25) is 19.0 Å². The maximum absolute atomic E-state index is 13.8. The highest BCUT2D eigenvalue weighted by Gasteiger charge is 2.26. The standard InChI is InChI=1S/C31H35ClN2O6/c1-19(35)22-10-9-21(32)15-24(22)25-16-29(36)34(17-28(25)38-5)27(12-14-40-31(2,3)4)30(37)33-26-8-6-7-20-18-39-13-11-23(20)26/h6-10,15-17,27H,11-14,18H2,1-5H3,(H,33,37). The van der Waals surface area contributed by atoms with Crippen LogP contribution in [0, 0.1) is 0 Å². The Morgan fingerprint density at radius 2 is 1.93 bits per heavy atom. The van der Waals surface area contributed by atoms with Crippen molar-refractivity contribution in [3.63, 3.8) is 0 Å². The molecule has 1 unspecified atom stereocenters. The number of hydrogen-bond acceptors (Lipinski definition) is 6. The second-order valence-corrected chi connectivity index (χ2v) is 11.2. The number of benzene rings is 2. The molecule has 4 rings (SSSR count). The fourth-order valence-electron chi connectivity index (χ4n) is 4.82. The van der Waals surface area contributed by atoms with Gasteiger partial charge in [0.2, 0.25) is 5.91 Å². The number of ether oxygens (including phenoxy) is 3. The van der Waals surface area contributed by atoms with Crippen LogP contribution < -0.4 is 15.6 Å². The first kappa shape index (κ1) is 29.5. The van der Waals surface area contributed by atoms with E-state index in [0.29, 0.717) is 52.8 Å². The SMILES string of the molecule is COc1cn(C(CCOC(C)(C)C)C(=O)Nc2cccc3c2CCOC3)c(=O)cc1-c1cc(Cl)ccc1C(C)=O. The summed E-state index contributed by atoms with van der Waals surface area (Å²) in [5, 5.41) is 3.46. The molecule has 0 saturated carbocycles. The minimum absolute atomic E-state index is 0.175. The lowest BCUT2D eigenvalue weighted by Gasteiger charge is -2.25. The third-order valence-corrected chi connectivity index (χ3v) is 7.00. The fourth-order valence-corrected chi connectivity index (χ4v) is 4.99. The van der Waals surface area contributed by atoms with E-state index < -0.39 is 17.2 Å². The van der Waals surface area contributed by atoms with Crippen molar-refractivity contribution in [1.82, 2.24) is 4.57 Å². The maximum Gasteiger partial charge on any atom is 0.252 e. The van der Waals surface area contributed by atoms with Gasteiger partial charge in [-0.25, -0.2) is 0 Å². The number of amides is 1. The van der Waals surface area contributed by atoms with Crippen LogP contribution in [0.2, 0.25) is 5.02 Å². The number of aromatic nitrogens is 1. The Morgan fingerprint density at radius 3 is 2.62 bits per heavy atom. The summed E-state index contributed by atoms with van der Waals surface area (Å²) in [7, 11) is 1.47. The Labute approximate surface area is 239 Å². The number of nitrogens with one attached hydrogen (secondary N) is 1. The zero-order valence-electron chi connectivity index (χ0n) is 23.5. The van der Waals surface area contributed by atoms with Crippen LogP contribution >= 0.6 is 11.6 Å². The average molecular weight is 567 g/mol. The predicted octanol–water partition coefficient (Wildman–Crippen LogP) is 5.84. The van der Waals surface area contributed by atoms with Gasteiger partial charge < -0.3 is 19.5 Å². The quantitative estimate of drug-likeness (QED) is 0.327. The molecule has 40 heavy (non-hydrogen) atoms. The molecule has 0 bridgehead atoms. The number of ketones is 1. The van der Waals surface area contributed by atoms with E-state index in [9.17, 15) is 14.4 Å². The molecule has 0 radical (unpaired) electrons. The summed E-state index contributed by atoms with van der Waals surface area (Å²) < 4.78 is 18.5. The highest BCUT2D eigenvalue weighted by molar-refractivity contribution is 6.31.